The minimum absolute atomic E-state index is 0.228. The van der Waals surface area contributed by atoms with E-state index in [1.54, 1.807) is 41.9 Å². The van der Waals surface area contributed by atoms with Crippen molar-refractivity contribution < 1.29 is 33.3 Å². The van der Waals surface area contributed by atoms with E-state index in [1.807, 2.05) is 12.1 Å². The van der Waals surface area contributed by atoms with Gasteiger partial charge in [0.05, 0.1) is 46.2 Å². The number of hydrogen-bond acceptors (Lipinski definition) is 9. The number of rotatable bonds is 7. The number of carbonyl (C=O) groups excluding carboxylic acids is 1. The van der Waals surface area contributed by atoms with Crippen molar-refractivity contribution in [2.75, 3.05) is 39.4 Å². The molecule has 1 aromatic carbocycles. The van der Waals surface area contributed by atoms with Crippen molar-refractivity contribution in [2.24, 2.45) is 11.8 Å². The molecule has 2 saturated heterocycles. The lowest BCUT2D eigenvalue weighted by Gasteiger charge is -2.40. The Balaban J connectivity index is 1.74. The zero-order valence-electron chi connectivity index (χ0n) is 17.7. The zero-order valence-corrected chi connectivity index (χ0v) is 19.3. The van der Waals surface area contributed by atoms with Gasteiger partial charge in [-0.3, -0.25) is 4.79 Å². The molecule has 1 N–H and O–H groups in total. The summed E-state index contributed by atoms with van der Waals surface area (Å²) in [6.45, 7) is 0.228. The highest BCUT2D eigenvalue weighted by Gasteiger charge is 2.56. The summed E-state index contributed by atoms with van der Waals surface area (Å²) in [6.07, 6.45) is 1.62. The van der Waals surface area contributed by atoms with Crippen LogP contribution in [0.2, 0.25) is 0 Å². The molecule has 0 saturated carbocycles. The molecule has 2 aliphatic heterocycles. The van der Waals surface area contributed by atoms with Gasteiger partial charge in [-0.1, -0.05) is 0 Å². The highest BCUT2D eigenvalue weighted by molar-refractivity contribution is 8.18. The standard InChI is InChI=1S/C22H26O7S2/c1-25-15-10-13(11-16(26-2)20(15)27-3)19(23)18-14(12-29-21(18)24)22(17-6-4-7-28-17)30-8-5-9-31-22/h4,6-7,10-11,14,18-19,23H,5,8-9,12H2,1-3H3/t14-,18-,19+/m1/s1. The molecule has 168 valence electrons. The normalized spacial score (nSPS) is 23.8. The number of aliphatic hydroxyl groups is 1. The first-order valence-corrected chi connectivity index (χ1v) is 12.0. The molecule has 0 aliphatic carbocycles. The molecule has 3 atom stereocenters. The molecule has 7 nitrogen and oxygen atoms in total. The summed E-state index contributed by atoms with van der Waals surface area (Å²) in [7, 11) is 4.55. The van der Waals surface area contributed by atoms with Crippen molar-refractivity contribution in [3.8, 4) is 17.2 Å². The molecule has 2 aromatic rings. The summed E-state index contributed by atoms with van der Waals surface area (Å²) in [5.41, 5.74) is 0.503. The molecule has 0 unspecified atom stereocenters. The van der Waals surface area contributed by atoms with E-state index in [0.29, 0.717) is 22.8 Å². The minimum atomic E-state index is -1.11. The number of ether oxygens (including phenoxy) is 4. The number of thioether (sulfide) groups is 2. The van der Waals surface area contributed by atoms with Crippen molar-refractivity contribution in [1.82, 2.24) is 0 Å². The van der Waals surface area contributed by atoms with Gasteiger partial charge >= 0.3 is 5.97 Å². The lowest BCUT2D eigenvalue weighted by molar-refractivity contribution is -0.144. The van der Waals surface area contributed by atoms with E-state index in [4.69, 9.17) is 23.4 Å². The Bertz CT molecular complexity index is 884. The second-order valence-corrected chi connectivity index (χ2v) is 10.3. The first kappa shape index (κ1) is 22.2. The number of cyclic esters (lactones) is 1. The number of hydrogen-bond donors (Lipinski definition) is 1. The first-order valence-electron chi connectivity index (χ1n) is 10.0. The lowest BCUT2D eigenvalue weighted by Crippen LogP contribution is -2.39. The van der Waals surface area contributed by atoms with E-state index < -0.39 is 22.1 Å². The molecule has 31 heavy (non-hydrogen) atoms. The fraction of sp³-hybridized carbons (Fsp3) is 0.500. The van der Waals surface area contributed by atoms with Crippen LogP contribution in [0.4, 0.5) is 0 Å². The largest absolute Gasteiger partial charge is 0.493 e. The van der Waals surface area contributed by atoms with Crippen LogP contribution in [0, 0.1) is 11.8 Å². The summed E-state index contributed by atoms with van der Waals surface area (Å²) >= 11 is 3.52. The molecule has 0 amide bonds. The second kappa shape index (κ2) is 9.26. The number of benzene rings is 1. The van der Waals surface area contributed by atoms with Crippen LogP contribution >= 0.6 is 23.5 Å². The SMILES string of the molecule is COc1cc([C@H](O)[C@@H]2C(=O)OC[C@H]2C2(c3ccco3)SCCCS2)cc(OC)c1OC. The summed E-state index contributed by atoms with van der Waals surface area (Å²) < 4.78 is 27.0. The van der Waals surface area contributed by atoms with Gasteiger partial charge < -0.3 is 28.5 Å². The predicted octanol–water partition coefficient (Wildman–Crippen LogP) is 3.85. The minimum Gasteiger partial charge on any atom is -0.493 e. The zero-order chi connectivity index (χ0) is 22.0. The van der Waals surface area contributed by atoms with Gasteiger partial charge in [0.2, 0.25) is 5.75 Å². The quantitative estimate of drug-likeness (QED) is 0.611. The van der Waals surface area contributed by atoms with Crippen LogP contribution in [0.15, 0.2) is 34.9 Å². The Morgan fingerprint density at radius 2 is 1.81 bits per heavy atom. The third-order valence-electron chi connectivity index (χ3n) is 5.75. The van der Waals surface area contributed by atoms with E-state index in [9.17, 15) is 9.90 Å². The molecule has 0 spiro atoms. The lowest BCUT2D eigenvalue weighted by atomic mass is 9.83. The van der Waals surface area contributed by atoms with Crippen LogP contribution in [0.25, 0.3) is 0 Å². The summed E-state index contributed by atoms with van der Waals surface area (Å²) in [5.74, 6) is 2.52. The van der Waals surface area contributed by atoms with Crippen molar-refractivity contribution in [3.63, 3.8) is 0 Å². The molecule has 2 fully saturated rings. The van der Waals surface area contributed by atoms with Gasteiger partial charge in [-0.2, -0.15) is 0 Å². The maximum Gasteiger partial charge on any atom is 0.312 e. The van der Waals surface area contributed by atoms with Crippen molar-refractivity contribution in [3.05, 3.63) is 41.9 Å². The van der Waals surface area contributed by atoms with E-state index in [1.165, 1.54) is 21.3 Å². The van der Waals surface area contributed by atoms with E-state index in [0.717, 1.165) is 23.7 Å². The summed E-state index contributed by atoms with van der Waals surface area (Å²) in [6, 6.07) is 7.15. The van der Waals surface area contributed by atoms with Crippen LogP contribution in [-0.4, -0.2) is 50.5 Å². The smallest absolute Gasteiger partial charge is 0.312 e. The van der Waals surface area contributed by atoms with Gasteiger partial charge in [0.25, 0.3) is 0 Å². The number of methoxy groups -OCH3 is 3. The summed E-state index contributed by atoms with van der Waals surface area (Å²) in [4.78, 5) is 12.9. The maximum atomic E-state index is 12.9. The fourth-order valence-electron chi connectivity index (χ4n) is 4.27. The van der Waals surface area contributed by atoms with Gasteiger partial charge in [-0.05, 0) is 47.8 Å². The van der Waals surface area contributed by atoms with Crippen LogP contribution in [0.5, 0.6) is 17.2 Å². The molecular weight excluding hydrogens is 440 g/mol. The molecular formula is C22H26O7S2. The number of furan rings is 1. The van der Waals surface area contributed by atoms with Crippen LogP contribution in [-0.2, 0) is 13.6 Å². The molecule has 1 aromatic heterocycles. The van der Waals surface area contributed by atoms with Crippen LogP contribution < -0.4 is 14.2 Å². The van der Waals surface area contributed by atoms with Gasteiger partial charge in [-0.25, -0.2) is 0 Å². The number of aliphatic hydroxyl groups excluding tert-OH is 1. The molecule has 2 aliphatic rings. The highest BCUT2D eigenvalue weighted by Crippen LogP contribution is 2.60. The van der Waals surface area contributed by atoms with Gasteiger partial charge in [0.15, 0.2) is 11.5 Å². The Kier molecular flexibility index (Phi) is 6.64. The van der Waals surface area contributed by atoms with Crippen molar-refractivity contribution in [1.29, 1.82) is 0 Å². The monoisotopic (exact) mass is 466 g/mol. The predicted molar refractivity (Wildman–Crippen MR) is 119 cm³/mol. The highest BCUT2D eigenvalue weighted by atomic mass is 32.2. The number of esters is 1. The average Bonchev–Trinajstić information content (AvgIpc) is 3.48. The third kappa shape index (κ3) is 3.87. The fourth-order valence-corrected chi connectivity index (χ4v) is 7.85. The van der Waals surface area contributed by atoms with Crippen LogP contribution in [0.1, 0.15) is 23.8 Å². The first-order chi connectivity index (χ1) is 15.1. The van der Waals surface area contributed by atoms with E-state index in [2.05, 4.69) is 0 Å². The molecule has 0 bridgehead atoms. The second-order valence-electron chi connectivity index (χ2n) is 7.36. The van der Waals surface area contributed by atoms with Gasteiger partial charge in [0, 0.05) is 5.92 Å². The van der Waals surface area contributed by atoms with Crippen LogP contribution in [0.3, 0.4) is 0 Å². The maximum absolute atomic E-state index is 12.9. The molecule has 4 rings (SSSR count). The topological polar surface area (TPSA) is 87.4 Å². The molecule has 0 radical (unpaired) electrons. The average molecular weight is 467 g/mol. The van der Waals surface area contributed by atoms with Crippen molar-refractivity contribution >= 4 is 29.5 Å². The number of carbonyl (C=O) groups is 1. The third-order valence-corrected chi connectivity index (χ3v) is 9.31. The van der Waals surface area contributed by atoms with Gasteiger partial charge in [-0.15, -0.1) is 23.5 Å². The van der Waals surface area contributed by atoms with E-state index in [-0.39, 0.29) is 12.5 Å². The van der Waals surface area contributed by atoms with Gasteiger partial charge in [0.1, 0.15) is 9.84 Å². The Morgan fingerprint density at radius 3 is 2.35 bits per heavy atom. The Morgan fingerprint density at radius 1 is 1.13 bits per heavy atom. The summed E-state index contributed by atoms with van der Waals surface area (Å²) in [5, 5.41) is 11.4. The Labute approximate surface area is 189 Å². The Hall–Kier alpha value is -1.97. The molecule has 9 heteroatoms. The van der Waals surface area contributed by atoms with Crippen molar-refractivity contribution in [2.45, 2.75) is 16.6 Å². The molecule has 3 heterocycles. The van der Waals surface area contributed by atoms with E-state index >= 15 is 0 Å².